The van der Waals surface area contributed by atoms with Crippen LogP contribution in [0.15, 0.2) is 18.2 Å². The molecule has 1 atom stereocenters. The minimum atomic E-state index is 0.476. The first-order valence-electron chi connectivity index (χ1n) is 4.92. The van der Waals surface area contributed by atoms with Crippen molar-refractivity contribution in [2.45, 2.75) is 19.9 Å². The van der Waals surface area contributed by atoms with Crippen molar-refractivity contribution >= 4 is 11.8 Å². The number of thioether (sulfide) groups is 1. The summed E-state index contributed by atoms with van der Waals surface area (Å²) in [5.41, 5.74) is 4.14. The maximum Gasteiger partial charge on any atom is 0.0409 e. The van der Waals surface area contributed by atoms with Crippen molar-refractivity contribution in [3.63, 3.8) is 0 Å². The Morgan fingerprint density at radius 2 is 2.00 bits per heavy atom. The molecular weight excluding hydrogens is 190 g/mol. The molecule has 1 aromatic carbocycles. The van der Waals surface area contributed by atoms with Crippen LogP contribution in [0.3, 0.4) is 0 Å². The molecule has 0 bridgehead atoms. The highest BCUT2D eigenvalue weighted by molar-refractivity contribution is 7.98. The van der Waals surface area contributed by atoms with E-state index < -0.39 is 0 Å². The first-order chi connectivity index (χ1) is 6.69. The van der Waals surface area contributed by atoms with Gasteiger partial charge < -0.3 is 5.32 Å². The normalized spacial score (nSPS) is 12.9. The van der Waals surface area contributed by atoms with E-state index in [9.17, 15) is 0 Å². The molecule has 14 heavy (non-hydrogen) atoms. The second kappa shape index (κ2) is 5.42. The smallest absolute Gasteiger partial charge is 0.0409 e. The van der Waals surface area contributed by atoms with Crippen LogP contribution >= 0.6 is 11.8 Å². The average molecular weight is 209 g/mol. The second-order valence-electron chi connectivity index (χ2n) is 3.64. The van der Waals surface area contributed by atoms with Gasteiger partial charge in [0, 0.05) is 11.8 Å². The topological polar surface area (TPSA) is 12.0 Å². The number of hydrogen-bond acceptors (Lipinski definition) is 2. The molecule has 1 N–H and O–H groups in total. The quantitative estimate of drug-likeness (QED) is 0.818. The summed E-state index contributed by atoms with van der Waals surface area (Å²) in [5, 5.41) is 3.35. The van der Waals surface area contributed by atoms with Gasteiger partial charge in [-0.15, -0.1) is 0 Å². The molecule has 78 valence electrons. The molecule has 0 fully saturated rings. The fourth-order valence-electron chi connectivity index (χ4n) is 1.49. The molecule has 1 rings (SSSR count). The number of benzene rings is 1. The zero-order valence-corrected chi connectivity index (χ0v) is 10.2. The predicted molar refractivity (Wildman–Crippen MR) is 66.1 cm³/mol. The molecule has 0 aliphatic rings. The van der Waals surface area contributed by atoms with Gasteiger partial charge in [0.1, 0.15) is 0 Å². The van der Waals surface area contributed by atoms with Gasteiger partial charge in [-0.2, -0.15) is 11.8 Å². The number of aryl methyl sites for hydroxylation is 2. The van der Waals surface area contributed by atoms with E-state index in [1.165, 1.54) is 16.7 Å². The van der Waals surface area contributed by atoms with Crippen LogP contribution in [0.1, 0.15) is 22.7 Å². The van der Waals surface area contributed by atoms with Gasteiger partial charge in [0.2, 0.25) is 0 Å². The molecule has 1 nitrogen and oxygen atoms in total. The second-order valence-corrected chi connectivity index (χ2v) is 4.55. The Bertz CT molecular complexity index is 296. The van der Waals surface area contributed by atoms with E-state index in [4.69, 9.17) is 0 Å². The van der Waals surface area contributed by atoms with Gasteiger partial charge in [-0.1, -0.05) is 18.2 Å². The van der Waals surface area contributed by atoms with Gasteiger partial charge in [0.25, 0.3) is 0 Å². The third-order valence-corrected chi connectivity index (χ3v) is 3.28. The number of nitrogens with one attached hydrogen (secondary N) is 1. The molecule has 0 heterocycles. The van der Waals surface area contributed by atoms with Gasteiger partial charge in [0.15, 0.2) is 0 Å². The van der Waals surface area contributed by atoms with E-state index in [1.54, 1.807) is 0 Å². The van der Waals surface area contributed by atoms with E-state index in [-0.39, 0.29) is 0 Å². The van der Waals surface area contributed by atoms with Crippen LogP contribution in [-0.4, -0.2) is 19.1 Å². The minimum Gasteiger partial charge on any atom is -0.312 e. The van der Waals surface area contributed by atoms with E-state index in [0.717, 1.165) is 5.75 Å². The summed E-state index contributed by atoms with van der Waals surface area (Å²) in [5.74, 6) is 1.12. The van der Waals surface area contributed by atoms with Crippen LogP contribution in [0.25, 0.3) is 0 Å². The van der Waals surface area contributed by atoms with E-state index in [2.05, 4.69) is 43.6 Å². The van der Waals surface area contributed by atoms with Gasteiger partial charge >= 0.3 is 0 Å². The molecule has 0 spiro atoms. The lowest BCUT2D eigenvalue weighted by molar-refractivity contribution is 0.661. The molecule has 0 aliphatic heterocycles. The van der Waals surface area contributed by atoms with Crippen LogP contribution < -0.4 is 5.32 Å². The Labute approximate surface area is 91.3 Å². The van der Waals surface area contributed by atoms with E-state index in [0.29, 0.717) is 6.04 Å². The summed E-state index contributed by atoms with van der Waals surface area (Å²) < 4.78 is 0. The molecule has 0 saturated carbocycles. The highest BCUT2D eigenvalue weighted by Crippen LogP contribution is 2.19. The predicted octanol–water partition coefficient (Wildman–Crippen LogP) is 2.93. The van der Waals surface area contributed by atoms with Crippen LogP contribution in [0.5, 0.6) is 0 Å². The summed E-state index contributed by atoms with van der Waals surface area (Å²) in [6, 6.07) is 7.19. The molecule has 1 aromatic rings. The van der Waals surface area contributed by atoms with Crippen molar-refractivity contribution in [2.75, 3.05) is 19.1 Å². The van der Waals surface area contributed by atoms with E-state index >= 15 is 0 Å². The van der Waals surface area contributed by atoms with Crippen molar-refractivity contribution in [3.8, 4) is 0 Å². The Hall–Kier alpha value is -0.470. The van der Waals surface area contributed by atoms with Gasteiger partial charge in [-0.05, 0) is 43.8 Å². The Balaban J connectivity index is 2.88. The lowest BCUT2D eigenvalue weighted by Crippen LogP contribution is -2.18. The van der Waals surface area contributed by atoms with Crippen LogP contribution in [0, 0.1) is 13.8 Å². The van der Waals surface area contributed by atoms with Crippen LogP contribution in [0.2, 0.25) is 0 Å². The van der Waals surface area contributed by atoms with Crippen LogP contribution in [-0.2, 0) is 0 Å². The zero-order valence-electron chi connectivity index (χ0n) is 9.42. The molecule has 0 aliphatic carbocycles. The summed E-state index contributed by atoms with van der Waals surface area (Å²) in [6.45, 7) is 4.33. The maximum atomic E-state index is 3.35. The third-order valence-electron chi connectivity index (χ3n) is 2.62. The lowest BCUT2D eigenvalue weighted by Gasteiger charge is -2.16. The first kappa shape index (κ1) is 11.6. The minimum absolute atomic E-state index is 0.476. The standard InChI is InChI=1S/C12H19NS/c1-9-5-6-11(7-10(9)2)12(13-3)8-14-4/h5-7,12-13H,8H2,1-4H3. The molecule has 0 amide bonds. The van der Waals surface area contributed by atoms with Gasteiger partial charge in [-0.25, -0.2) is 0 Å². The summed E-state index contributed by atoms with van der Waals surface area (Å²) in [7, 11) is 2.02. The highest BCUT2D eigenvalue weighted by atomic mass is 32.2. The first-order valence-corrected chi connectivity index (χ1v) is 6.31. The summed E-state index contributed by atoms with van der Waals surface area (Å²) in [4.78, 5) is 0. The molecular formula is C12H19NS. The van der Waals surface area contributed by atoms with Crippen molar-refractivity contribution in [2.24, 2.45) is 0 Å². The molecule has 2 heteroatoms. The van der Waals surface area contributed by atoms with Crippen LogP contribution in [0.4, 0.5) is 0 Å². The van der Waals surface area contributed by atoms with Crippen molar-refractivity contribution in [3.05, 3.63) is 34.9 Å². The Kier molecular flexibility index (Phi) is 4.49. The molecule has 0 radical (unpaired) electrons. The SMILES string of the molecule is CNC(CSC)c1ccc(C)c(C)c1. The van der Waals surface area contributed by atoms with Gasteiger partial charge in [0.05, 0.1) is 0 Å². The maximum absolute atomic E-state index is 3.35. The molecule has 0 saturated heterocycles. The number of hydrogen-bond donors (Lipinski definition) is 1. The third kappa shape index (κ3) is 2.76. The zero-order chi connectivity index (χ0) is 10.6. The highest BCUT2D eigenvalue weighted by Gasteiger charge is 2.08. The monoisotopic (exact) mass is 209 g/mol. The largest absolute Gasteiger partial charge is 0.312 e. The Morgan fingerprint density at radius 1 is 1.29 bits per heavy atom. The van der Waals surface area contributed by atoms with Crippen molar-refractivity contribution < 1.29 is 0 Å². The fraction of sp³-hybridized carbons (Fsp3) is 0.500. The fourth-order valence-corrected chi connectivity index (χ4v) is 2.19. The van der Waals surface area contributed by atoms with Crippen molar-refractivity contribution in [1.82, 2.24) is 5.32 Å². The number of rotatable bonds is 4. The van der Waals surface area contributed by atoms with Crippen molar-refractivity contribution in [1.29, 1.82) is 0 Å². The summed E-state index contributed by atoms with van der Waals surface area (Å²) in [6.07, 6.45) is 2.14. The Morgan fingerprint density at radius 3 is 2.50 bits per heavy atom. The average Bonchev–Trinajstić information content (AvgIpc) is 2.19. The lowest BCUT2D eigenvalue weighted by atomic mass is 10.0. The molecule has 1 unspecified atom stereocenters. The van der Waals surface area contributed by atoms with E-state index in [1.807, 2.05) is 18.8 Å². The summed E-state index contributed by atoms with van der Waals surface area (Å²) >= 11 is 1.88. The molecule has 0 aromatic heterocycles. The van der Waals surface area contributed by atoms with Gasteiger partial charge in [-0.3, -0.25) is 0 Å².